The second-order valence-electron chi connectivity index (χ2n) is 13.6. The van der Waals surface area contributed by atoms with E-state index in [9.17, 15) is 19.0 Å². The molecular weight excluding hydrogens is 642 g/mol. The predicted octanol–water partition coefficient (Wildman–Crippen LogP) is 4.77. The van der Waals surface area contributed by atoms with Crippen molar-refractivity contribution < 1.29 is 28.5 Å². The van der Waals surface area contributed by atoms with Crippen molar-refractivity contribution in [3.63, 3.8) is 0 Å². The first kappa shape index (κ1) is 33.3. The van der Waals surface area contributed by atoms with Crippen molar-refractivity contribution in [2.24, 2.45) is 0 Å². The molecule has 2 fully saturated rings. The van der Waals surface area contributed by atoms with Crippen LogP contribution in [-0.2, 0) is 25.9 Å². The highest BCUT2D eigenvalue weighted by Crippen LogP contribution is 2.52. The number of halogens is 2. The second kappa shape index (κ2) is 12.9. The van der Waals surface area contributed by atoms with Crippen LogP contribution in [-0.4, -0.2) is 64.1 Å². The Bertz CT molecular complexity index is 1980. The third-order valence-corrected chi connectivity index (χ3v) is 10.1. The quantitative estimate of drug-likeness (QED) is 0.241. The zero-order valence-electron chi connectivity index (χ0n) is 27.3. The summed E-state index contributed by atoms with van der Waals surface area (Å²) in [4.78, 5) is 7.80. The standard InChI is InChI=1S/C19H20FN3O2.C19H16FN3O2/c2*20-18(7-8-18)19(24,12-23-13-22-11-15(23)10-21)6-5-16-9-14-3-1-2-4-17(14)25-16/h1-4,11,13,16,24H,5-9,12H2;1-4,11,13,16,24H,7-9,12H2. The van der Waals surface area contributed by atoms with Gasteiger partial charge in [-0.2, -0.15) is 10.5 Å². The van der Waals surface area contributed by atoms with Gasteiger partial charge in [0.05, 0.1) is 38.1 Å². The number of aromatic nitrogens is 4. The molecular formula is C38H36F2N6O4. The summed E-state index contributed by atoms with van der Waals surface area (Å²) in [5.41, 5.74) is -3.96. The van der Waals surface area contributed by atoms with Crippen LogP contribution in [0.5, 0.6) is 11.5 Å². The molecule has 4 atom stereocenters. The lowest BCUT2D eigenvalue weighted by atomic mass is 9.88. The number of nitrogens with zero attached hydrogens (tertiary/aromatic N) is 6. The number of alkyl halides is 2. The van der Waals surface area contributed by atoms with Crippen molar-refractivity contribution in [2.75, 3.05) is 0 Å². The highest BCUT2D eigenvalue weighted by Gasteiger charge is 2.61. The lowest BCUT2D eigenvalue weighted by Crippen LogP contribution is -2.46. The van der Waals surface area contributed by atoms with E-state index in [1.165, 1.54) is 34.2 Å². The lowest BCUT2D eigenvalue weighted by Gasteiger charge is -2.33. The Balaban J connectivity index is 0.000000157. The van der Waals surface area contributed by atoms with E-state index >= 15 is 0 Å². The van der Waals surface area contributed by atoms with E-state index in [1.54, 1.807) is 0 Å². The number of rotatable bonds is 9. The van der Waals surface area contributed by atoms with Gasteiger partial charge in [0.1, 0.15) is 52.4 Å². The summed E-state index contributed by atoms with van der Waals surface area (Å²) in [7, 11) is 0. The molecule has 0 bridgehead atoms. The Morgan fingerprint density at radius 3 is 1.92 bits per heavy atom. The minimum absolute atomic E-state index is 0.0338. The summed E-state index contributed by atoms with van der Waals surface area (Å²) in [6.07, 6.45) is 8.65. The first-order valence-corrected chi connectivity index (χ1v) is 16.7. The van der Waals surface area contributed by atoms with Crippen LogP contribution in [0.15, 0.2) is 73.6 Å². The van der Waals surface area contributed by atoms with Gasteiger partial charge in [-0.3, -0.25) is 0 Å². The smallest absolute Gasteiger partial charge is 0.177 e. The maximum atomic E-state index is 14.9. The average molecular weight is 679 g/mol. The first-order chi connectivity index (χ1) is 24.1. The molecule has 0 amide bonds. The molecule has 4 unspecified atom stereocenters. The fraction of sp³-hybridized carbons (Fsp3) is 0.421. The molecule has 4 aromatic rings. The summed E-state index contributed by atoms with van der Waals surface area (Å²) < 4.78 is 44.3. The second-order valence-corrected chi connectivity index (χ2v) is 13.6. The van der Waals surface area contributed by atoms with Gasteiger partial charge in [0.25, 0.3) is 0 Å². The number of hydrogen-bond donors (Lipinski definition) is 2. The van der Waals surface area contributed by atoms with Crippen molar-refractivity contribution in [3.8, 4) is 35.5 Å². The average Bonchev–Trinajstić information content (AvgIpc) is 3.72. The molecule has 2 aliphatic heterocycles. The lowest BCUT2D eigenvalue weighted by molar-refractivity contribution is -0.0750. The van der Waals surface area contributed by atoms with Crippen LogP contribution in [0.3, 0.4) is 0 Å². The normalized spacial score (nSPS) is 22.2. The van der Waals surface area contributed by atoms with Gasteiger partial charge in [0, 0.05) is 12.8 Å². The number of fused-ring (bicyclic) bond motifs is 2. The molecule has 0 saturated heterocycles. The summed E-state index contributed by atoms with van der Waals surface area (Å²) >= 11 is 0. The van der Waals surface area contributed by atoms with Crippen LogP contribution in [0.25, 0.3) is 0 Å². The number of benzene rings is 2. The molecule has 10 nitrogen and oxygen atoms in total. The Morgan fingerprint density at radius 1 is 0.800 bits per heavy atom. The molecule has 8 rings (SSSR count). The summed E-state index contributed by atoms with van der Waals surface area (Å²) in [6.45, 7) is -0.106. The predicted molar refractivity (Wildman–Crippen MR) is 176 cm³/mol. The van der Waals surface area contributed by atoms with Crippen LogP contribution >= 0.6 is 0 Å². The number of imidazole rings is 2. The Kier molecular flexibility index (Phi) is 8.59. The minimum atomic E-state index is -1.88. The number of nitriles is 2. The zero-order chi connectivity index (χ0) is 35.0. The van der Waals surface area contributed by atoms with E-state index in [-0.39, 0.29) is 44.1 Å². The number of aliphatic hydroxyl groups is 2. The van der Waals surface area contributed by atoms with Crippen molar-refractivity contribution in [1.29, 1.82) is 10.5 Å². The van der Waals surface area contributed by atoms with Crippen LogP contribution in [0, 0.1) is 34.5 Å². The molecule has 2 aromatic heterocycles. The van der Waals surface area contributed by atoms with Crippen LogP contribution < -0.4 is 9.47 Å². The third kappa shape index (κ3) is 6.55. The topological polar surface area (TPSA) is 142 Å². The van der Waals surface area contributed by atoms with Gasteiger partial charge in [0.15, 0.2) is 17.4 Å². The van der Waals surface area contributed by atoms with E-state index in [2.05, 4.69) is 21.8 Å². The first-order valence-electron chi connectivity index (χ1n) is 16.7. The van der Waals surface area contributed by atoms with E-state index in [4.69, 9.17) is 20.0 Å². The number of hydrogen-bond acceptors (Lipinski definition) is 8. The van der Waals surface area contributed by atoms with E-state index in [0.29, 0.717) is 31.4 Å². The number of para-hydroxylation sites is 2. The van der Waals surface area contributed by atoms with Crippen molar-refractivity contribution in [1.82, 2.24) is 19.1 Å². The van der Waals surface area contributed by atoms with Crippen molar-refractivity contribution >= 4 is 0 Å². The van der Waals surface area contributed by atoms with Crippen LogP contribution in [0.2, 0.25) is 0 Å². The van der Waals surface area contributed by atoms with Gasteiger partial charge in [-0.1, -0.05) is 48.2 Å². The molecule has 12 heteroatoms. The Morgan fingerprint density at radius 2 is 1.36 bits per heavy atom. The molecule has 4 aliphatic rings. The molecule has 256 valence electrons. The monoisotopic (exact) mass is 678 g/mol. The molecule has 4 heterocycles. The van der Waals surface area contributed by atoms with Crippen LogP contribution in [0.4, 0.5) is 8.78 Å². The Hall–Kier alpha value is -5.22. The van der Waals surface area contributed by atoms with E-state index < -0.39 is 28.6 Å². The van der Waals surface area contributed by atoms with Gasteiger partial charge in [-0.15, -0.1) is 0 Å². The van der Waals surface area contributed by atoms with Gasteiger partial charge >= 0.3 is 0 Å². The van der Waals surface area contributed by atoms with Gasteiger partial charge in [-0.25, -0.2) is 18.7 Å². The van der Waals surface area contributed by atoms with E-state index in [0.717, 1.165) is 29.0 Å². The fourth-order valence-electron chi connectivity index (χ4n) is 6.72. The van der Waals surface area contributed by atoms with Gasteiger partial charge in [0.2, 0.25) is 0 Å². The fourth-order valence-corrected chi connectivity index (χ4v) is 6.72. The number of ether oxygens (including phenoxy) is 2. The zero-order valence-corrected chi connectivity index (χ0v) is 27.3. The van der Waals surface area contributed by atoms with Gasteiger partial charge < -0.3 is 28.8 Å². The highest BCUT2D eigenvalue weighted by molar-refractivity contribution is 5.41. The molecule has 2 saturated carbocycles. The van der Waals surface area contributed by atoms with E-state index in [1.807, 2.05) is 60.7 Å². The van der Waals surface area contributed by atoms with Crippen molar-refractivity contribution in [3.05, 3.63) is 96.1 Å². The SMILES string of the molecule is N#Cc1cncn1CC(O)(C#CC1Cc2ccccc2O1)C1(F)CC1.N#Cc1cncn1CC(O)(CCC1Cc2ccccc2O1)C1(F)CC1. The van der Waals surface area contributed by atoms with Crippen molar-refractivity contribution in [2.45, 2.75) is 99.2 Å². The Labute approximate surface area is 288 Å². The molecule has 2 N–H and O–H groups in total. The highest BCUT2D eigenvalue weighted by atomic mass is 19.1. The largest absolute Gasteiger partial charge is 0.490 e. The molecule has 50 heavy (non-hydrogen) atoms. The maximum Gasteiger partial charge on any atom is 0.177 e. The molecule has 2 aromatic carbocycles. The summed E-state index contributed by atoms with van der Waals surface area (Å²) in [6, 6.07) is 19.5. The van der Waals surface area contributed by atoms with Gasteiger partial charge in [-0.05, 0) is 61.8 Å². The molecule has 0 spiro atoms. The maximum absolute atomic E-state index is 14.9. The summed E-state index contributed by atoms with van der Waals surface area (Å²) in [5.74, 6) is 7.24. The molecule has 0 radical (unpaired) electrons. The molecule has 2 aliphatic carbocycles. The third-order valence-electron chi connectivity index (χ3n) is 10.1. The minimum Gasteiger partial charge on any atom is -0.490 e. The van der Waals surface area contributed by atoms with Crippen LogP contribution in [0.1, 0.15) is 61.0 Å². The summed E-state index contributed by atoms with van der Waals surface area (Å²) in [5, 5.41) is 40.2.